The van der Waals surface area contributed by atoms with Crippen LogP contribution in [0.4, 0.5) is 5.69 Å². The molecule has 1 aliphatic rings. The Morgan fingerprint density at radius 1 is 1.42 bits per heavy atom. The zero-order chi connectivity index (χ0) is 22.0. The summed E-state index contributed by atoms with van der Waals surface area (Å²) in [5.74, 6) is -0.252. The third kappa shape index (κ3) is 4.16. The lowest BCUT2D eigenvalue weighted by molar-refractivity contribution is -0.115. The topological polar surface area (TPSA) is 87.8 Å². The Morgan fingerprint density at radius 3 is 2.97 bits per heavy atom. The summed E-state index contributed by atoms with van der Waals surface area (Å²) in [5.41, 5.74) is 1.96. The van der Waals surface area contributed by atoms with Crippen molar-refractivity contribution in [3.8, 4) is 6.07 Å². The maximum absolute atomic E-state index is 13.3. The van der Waals surface area contributed by atoms with Gasteiger partial charge >= 0.3 is 0 Å². The maximum atomic E-state index is 13.3. The second kappa shape index (κ2) is 9.08. The van der Waals surface area contributed by atoms with Gasteiger partial charge in [-0.15, -0.1) is 17.9 Å². The lowest BCUT2D eigenvalue weighted by Crippen LogP contribution is -2.27. The molecule has 6 nitrogen and oxygen atoms in total. The van der Waals surface area contributed by atoms with E-state index in [1.54, 1.807) is 53.2 Å². The molecule has 0 bridgehead atoms. The second-order valence-electron chi connectivity index (χ2n) is 7.40. The van der Waals surface area contributed by atoms with Crippen LogP contribution in [-0.4, -0.2) is 20.7 Å². The van der Waals surface area contributed by atoms with Crippen molar-refractivity contribution in [2.75, 3.05) is 5.32 Å². The molecule has 1 atom stereocenters. The Kier molecular flexibility index (Phi) is 6.25. The van der Waals surface area contributed by atoms with Gasteiger partial charge in [0.05, 0.1) is 21.9 Å². The summed E-state index contributed by atoms with van der Waals surface area (Å²) in [5, 5.41) is 12.8. The van der Waals surface area contributed by atoms with Crippen LogP contribution in [0.1, 0.15) is 35.8 Å². The van der Waals surface area contributed by atoms with Crippen molar-refractivity contribution in [1.82, 2.24) is 9.55 Å². The molecule has 2 heterocycles. The number of carbonyl (C=O) groups is 1. The van der Waals surface area contributed by atoms with E-state index < -0.39 is 5.25 Å². The van der Waals surface area contributed by atoms with Gasteiger partial charge in [-0.2, -0.15) is 5.26 Å². The number of para-hydroxylation sites is 1. The Bertz CT molecular complexity index is 1270. The number of benzene rings is 1. The Morgan fingerprint density at radius 2 is 2.19 bits per heavy atom. The monoisotopic (exact) mass is 450 g/mol. The molecular formula is C23H22N4O2S2. The van der Waals surface area contributed by atoms with Gasteiger partial charge in [0.15, 0.2) is 5.16 Å². The van der Waals surface area contributed by atoms with Gasteiger partial charge < -0.3 is 5.32 Å². The second-order valence-corrected chi connectivity index (χ2v) is 9.79. The first-order valence-electron chi connectivity index (χ1n) is 10.2. The molecule has 31 heavy (non-hydrogen) atoms. The number of aromatic nitrogens is 2. The molecule has 0 fully saturated rings. The molecule has 2 aromatic heterocycles. The molecule has 1 aliphatic carbocycles. The summed E-state index contributed by atoms with van der Waals surface area (Å²) in [4.78, 5) is 32.9. The van der Waals surface area contributed by atoms with Gasteiger partial charge in [-0.25, -0.2) is 4.98 Å². The number of thioether (sulfide) groups is 1. The number of anilines is 1. The summed E-state index contributed by atoms with van der Waals surface area (Å²) in [6.45, 7) is 5.88. The first-order chi connectivity index (χ1) is 15.0. The molecule has 0 radical (unpaired) electrons. The van der Waals surface area contributed by atoms with E-state index >= 15 is 0 Å². The molecule has 3 aromatic rings. The van der Waals surface area contributed by atoms with Crippen LogP contribution < -0.4 is 10.9 Å². The number of hydrogen-bond acceptors (Lipinski definition) is 6. The number of amides is 1. The van der Waals surface area contributed by atoms with Gasteiger partial charge in [-0.05, 0) is 50.3 Å². The van der Waals surface area contributed by atoms with Crippen molar-refractivity contribution in [2.45, 2.75) is 49.6 Å². The van der Waals surface area contributed by atoms with Gasteiger partial charge in [0, 0.05) is 11.4 Å². The van der Waals surface area contributed by atoms with E-state index in [9.17, 15) is 14.9 Å². The largest absolute Gasteiger partial charge is 0.324 e. The zero-order valence-electron chi connectivity index (χ0n) is 17.2. The fraction of sp³-hybridized carbons (Fsp3) is 0.304. The van der Waals surface area contributed by atoms with E-state index in [1.165, 1.54) is 16.6 Å². The highest BCUT2D eigenvalue weighted by molar-refractivity contribution is 8.00. The Balaban J connectivity index is 1.66. The normalized spacial score (nSPS) is 13.9. The number of carbonyl (C=O) groups excluding carboxylic acids is 1. The summed E-state index contributed by atoms with van der Waals surface area (Å²) in [7, 11) is 0. The van der Waals surface area contributed by atoms with Gasteiger partial charge in [0.1, 0.15) is 10.9 Å². The zero-order valence-corrected chi connectivity index (χ0v) is 18.8. The van der Waals surface area contributed by atoms with Crippen molar-refractivity contribution in [2.24, 2.45) is 0 Å². The fourth-order valence-corrected chi connectivity index (χ4v) is 5.96. The third-order valence-corrected chi connectivity index (χ3v) is 7.58. The van der Waals surface area contributed by atoms with Crippen LogP contribution in [-0.2, 0) is 24.2 Å². The molecule has 0 unspecified atom stereocenters. The number of thiophene rings is 1. The predicted molar refractivity (Wildman–Crippen MR) is 126 cm³/mol. The smallest absolute Gasteiger partial charge is 0.263 e. The molecule has 158 valence electrons. The van der Waals surface area contributed by atoms with Gasteiger partial charge in [0.25, 0.3) is 5.56 Å². The summed E-state index contributed by atoms with van der Waals surface area (Å²) >= 11 is 2.84. The summed E-state index contributed by atoms with van der Waals surface area (Å²) < 4.78 is 1.61. The van der Waals surface area contributed by atoms with Crippen molar-refractivity contribution < 1.29 is 4.79 Å². The lowest BCUT2D eigenvalue weighted by Gasteiger charge is -2.15. The van der Waals surface area contributed by atoms with E-state index in [0.29, 0.717) is 23.0 Å². The number of nitriles is 1. The summed E-state index contributed by atoms with van der Waals surface area (Å²) in [6, 6.07) is 8.95. The van der Waals surface area contributed by atoms with Crippen LogP contribution in [0.25, 0.3) is 10.2 Å². The van der Waals surface area contributed by atoms with E-state index in [1.807, 2.05) is 0 Å². The molecule has 0 saturated carbocycles. The maximum Gasteiger partial charge on any atom is 0.263 e. The number of nitrogens with zero attached hydrogens (tertiary/aromatic N) is 3. The first-order valence-corrected chi connectivity index (χ1v) is 11.9. The minimum atomic E-state index is -0.512. The van der Waals surface area contributed by atoms with E-state index in [-0.39, 0.29) is 11.5 Å². The van der Waals surface area contributed by atoms with Crippen molar-refractivity contribution in [1.29, 1.82) is 5.26 Å². The first kappa shape index (κ1) is 21.3. The van der Waals surface area contributed by atoms with Crippen LogP contribution in [0.15, 0.2) is 46.9 Å². The van der Waals surface area contributed by atoms with E-state index in [0.717, 1.165) is 41.5 Å². The highest BCUT2D eigenvalue weighted by atomic mass is 32.2. The van der Waals surface area contributed by atoms with Crippen molar-refractivity contribution in [3.63, 3.8) is 0 Å². The number of fused-ring (bicyclic) bond motifs is 3. The molecule has 0 saturated heterocycles. The van der Waals surface area contributed by atoms with E-state index in [4.69, 9.17) is 4.98 Å². The molecule has 1 aromatic carbocycles. The van der Waals surface area contributed by atoms with Gasteiger partial charge in [-0.3, -0.25) is 14.2 Å². The highest BCUT2D eigenvalue weighted by Crippen LogP contribution is 2.35. The molecule has 4 rings (SSSR count). The molecule has 0 aliphatic heterocycles. The SMILES string of the molecule is C=CCn1c(S[C@@H](C)C(=O)Nc2ccccc2C#N)nc2sc3c(c2c1=O)CCCC3. The van der Waals surface area contributed by atoms with E-state index in [2.05, 4.69) is 18.0 Å². The van der Waals surface area contributed by atoms with Crippen LogP contribution in [0.5, 0.6) is 0 Å². The number of allylic oxidation sites excluding steroid dienone is 1. The van der Waals surface area contributed by atoms with Crippen LogP contribution in [0, 0.1) is 11.3 Å². The minimum absolute atomic E-state index is 0.0609. The highest BCUT2D eigenvalue weighted by Gasteiger charge is 2.24. The van der Waals surface area contributed by atoms with Crippen LogP contribution in [0.2, 0.25) is 0 Å². The van der Waals surface area contributed by atoms with Crippen LogP contribution in [0.3, 0.4) is 0 Å². The lowest BCUT2D eigenvalue weighted by atomic mass is 9.97. The predicted octanol–water partition coefficient (Wildman–Crippen LogP) is 4.51. The average molecular weight is 451 g/mol. The number of aryl methyl sites for hydroxylation is 2. The quantitative estimate of drug-likeness (QED) is 0.339. The average Bonchev–Trinajstić information content (AvgIpc) is 3.15. The Hall–Kier alpha value is -2.89. The summed E-state index contributed by atoms with van der Waals surface area (Å²) in [6.07, 6.45) is 5.83. The number of hydrogen-bond donors (Lipinski definition) is 1. The molecule has 8 heteroatoms. The molecule has 0 spiro atoms. The fourth-order valence-electron chi connectivity index (χ4n) is 3.74. The van der Waals surface area contributed by atoms with Gasteiger partial charge in [0.2, 0.25) is 5.91 Å². The molecule has 1 N–H and O–H groups in total. The Labute approximate surface area is 188 Å². The van der Waals surface area contributed by atoms with Gasteiger partial charge in [-0.1, -0.05) is 30.0 Å². The van der Waals surface area contributed by atoms with Crippen LogP contribution >= 0.6 is 23.1 Å². The van der Waals surface area contributed by atoms with Crippen molar-refractivity contribution in [3.05, 3.63) is 63.3 Å². The standard InChI is InChI=1S/C23H22N4O2S2/c1-3-12-27-22(29)19-16-9-5-7-11-18(16)31-21(19)26-23(27)30-14(2)20(28)25-17-10-6-4-8-15(17)13-24/h3-4,6,8,10,14H,1,5,7,9,11-12H2,2H3,(H,25,28)/t14-/m0/s1. The third-order valence-electron chi connectivity index (χ3n) is 5.31. The molecular weight excluding hydrogens is 428 g/mol. The number of nitrogens with one attached hydrogen (secondary N) is 1. The molecule has 1 amide bonds. The van der Waals surface area contributed by atoms with Crippen molar-refractivity contribution >= 4 is 44.9 Å². The number of rotatable bonds is 6. The minimum Gasteiger partial charge on any atom is -0.324 e.